The summed E-state index contributed by atoms with van der Waals surface area (Å²) in [7, 11) is 1.24. The van der Waals surface area contributed by atoms with E-state index in [0.29, 0.717) is 16.9 Å². The van der Waals surface area contributed by atoms with Crippen LogP contribution in [0.5, 0.6) is 11.5 Å². The normalized spacial score (nSPS) is 18.2. The maximum Gasteiger partial charge on any atom is 0.265 e. The fraction of sp³-hybridized carbons (Fsp3) is 0.200. The average molecular weight is 427 g/mol. The molecule has 0 radical (unpaired) electrons. The van der Waals surface area contributed by atoms with Crippen LogP contribution in [0.2, 0.25) is 0 Å². The number of hydrogen-bond acceptors (Lipinski definition) is 6. The van der Waals surface area contributed by atoms with Crippen LogP contribution >= 0.6 is 12.2 Å². The fourth-order valence-electron chi connectivity index (χ4n) is 3.20. The Labute approximate surface area is 177 Å². The van der Waals surface area contributed by atoms with Gasteiger partial charge in [0.2, 0.25) is 5.91 Å². The molecule has 2 atom stereocenters. The summed E-state index contributed by atoms with van der Waals surface area (Å²) >= 11 is 5.17. The molecular weight excluding hydrogens is 408 g/mol. The van der Waals surface area contributed by atoms with Gasteiger partial charge in [-0.15, -0.1) is 0 Å². The highest BCUT2D eigenvalue weighted by Crippen LogP contribution is 2.39. The van der Waals surface area contributed by atoms with Crippen molar-refractivity contribution in [3.8, 4) is 11.5 Å². The number of nitrogens with one attached hydrogen (secondary N) is 3. The number of anilines is 1. The molecule has 156 valence electrons. The molecule has 10 heteroatoms. The number of nitro groups is 1. The predicted octanol–water partition coefficient (Wildman–Crippen LogP) is 2.27. The van der Waals surface area contributed by atoms with Crippen molar-refractivity contribution in [1.82, 2.24) is 10.6 Å². The Balaban J connectivity index is 2.01. The van der Waals surface area contributed by atoms with Gasteiger partial charge >= 0.3 is 0 Å². The van der Waals surface area contributed by atoms with Crippen molar-refractivity contribution in [2.24, 2.45) is 5.92 Å². The fourth-order valence-corrected chi connectivity index (χ4v) is 3.46. The number of benzene rings is 2. The zero-order valence-corrected chi connectivity index (χ0v) is 17.0. The van der Waals surface area contributed by atoms with E-state index in [1.54, 1.807) is 12.1 Å². The predicted molar refractivity (Wildman–Crippen MR) is 113 cm³/mol. The minimum absolute atomic E-state index is 0.200. The van der Waals surface area contributed by atoms with Crippen molar-refractivity contribution in [1.29, 1.82) is 0 Å². The summed E-state index contributed by atoms with van der Waals surface area (Å²) in [5.41, 5.74) is 1.59. The van der Waals surface area contributed by atoms with E-state index in [-0.39, 0.29) is 10.9 Å². The van der Waals surface area contributed by atoms with Crippen LogP contribution in [0.15, 0.2) is 48.7 Å². The Bertz CT molecular complexity index is 1040. The van der Waals surface area contributed by atoms with Crippen LogP contribution in [-0.2, 0) is 4.79 Å². The minimum Gasteiger partial charge on any atom is -0.865 e. The lowest BCUT2D eigenvalue weighted by atomic mass is 9.87. The van der Waals surface area contributed by atoms with E-state index in [4.69, 9.17) is 17.0 Å². The third-order valence-electron chi connectivity index (χ3n) is 4.70. The van der Waals surface area contributed by atoms with E-state index in [9.17, 15) is 20.0 Å². The van der Waals surface area contributed by atoms with E-state index in [1.807, 2.05) is 19.1 Å². The largest absolute Gasteiger partial charge is 0.865 e. The lowest BCUT2D eigenvalue weighted by molar-refractivity contribution is -0.398. The SMILES string of the molecule is C=C1NC(=S)N[C@H](c2cc(OC)c([O-])c([N+](=O)[O-])c2)[C@H]1C(=O)Nc1ccc(C)cc1. The number of carbonyl (C=O) groups excluding carboxylic acids is 1. The van der Waals surface area contributed by atoms with Crippen molar-refractivity contribution in [2.75, 3.05) is 12.4 Å². The Hall–Kier alpha value is -3.66. The van der Waals surface area contributed by atoms with Crippen LogP contribution in [0, 0.1) is 23.0 Å². The molecule has 30 heavy (non-hydrogen) atoms. The van der Waals surface area contributed by atoms with Gasteiger partial charge in [-0.2, -0.15) is 0 Å². The smallest absolute Gasteiger partial charge is 0.265 e. The maximum atomic E-state index is 13.1. The third kappa shape index (κ3) is 4.18. The van der Waals surface area contributed by atoms with E-state index in [1.165, 1.54) is 13.2 Å². The second-order valence-corrected chi connectivity index (χ2v) is 7.17. The second kappa shape index (κ2) is 8.37. The third-order valence-corrected chi connectivity index (χ3v) is 4.92. The van der Waals surface area contributed by atoms with Gasteiger partial charge in [0.05, 0.1) is 18.1 Å². The number of carbonyl (C=O) groups is 1. The van der Waals surface area contributed by atoms with Crippen LogP contribution in [0.3, 0.4) is 0 Å². The highest BCUT2D eigenvalue weighted by Gasteiger charge is 2.37. The quantitative estimate of drug-likeness (QED) is 0.377. The Morgan fingerprint density at radius 1 is 1.30 bits per heavy atom. The van der Waals surface area contributed by atoms with Gasteiger partial charge in [-0.3, -0.25) is 14.9 Å². The first-order chi connectivity index (χ1) is 14.2. The van der Waals surface area contributed by atoms with Crippen molar-refractivity contribution in [3.63, 3.8) is 0 Å². The van der Waals surface area contributed by atoms with Crippen molar-refractivity contribution in [2.45, 2.75) is 13.0 Å². The molecule has 1 aliphatic heterocycles. The molecule has 9 nitrogen and oxygen atoms in total. The molecule has 1 aliphatic rings. The summed E-state index contributed by atoms with van der Waals surface area (Å²) in [5, 5.41) is 32.3. The average Bonchev–Trinajstić information content (AvgIpc) is 2.69. The molecule has 3 rings (SSSR count). The first-order valence-corrected chi connectivity index (χ1v) is 9.29. The zero-order chi connectivity index (χ0) is 22.0. The summed E-state index contributed by atoms with van der Waals surface area (Å²) in [6.45, 7) is 5.82. The summed E-state index contributed by atoms with van der Waals surface area (Å²) < 4.78 is 5.01. The summed E-state index contributed by atoms with van der Waals surface area (Å²) in [5.74, 6) is -2.32. The van der Waals surface area contributed by atoms with Crippen LogP contribution in [0.4, 0.5) is 11.4 Å². The van der Waals surface area contributed by atoms with Gasteiger partial charge in [0.25, 0.3) is 5.69 Å². The molecule has 1 fully saturated rings. The van der Waals surface area contributed by atoms with Crippen molar-refractivity contribution >= 4 is 34.6 Å². The highest BCUT2D eigenvalue weighted by molar-refractivity contribution is 7.80. The van der Waals surface area contributed by atoms with Crippen LogP contribution in [-0.4, -0.2) is 23.1 Å². The summed E-state index contributed by atoms with van der Waals surface area (Å²) in [4.78, 5) is 23.6. The highest BCUT2D eigenvalue weighted by atomic mass is 32.1. The van der Waals surface area contributed by atoms with Crippen molar-refractivity contribution in [3.05, 3.63) is 69.9 Å². The summed E-state index contributed by atoms with van der Waals surface area (Å²) in [6.07, 6.45) is 0. The van der Waals surface area contributed by atoms with Gasteiger partial charge in [-0.1, -0.05) is 24.3 Å². The van der Waals surface area contributed by atoms with E-state index >= 15 is 0 Å². The molecule has 0 aromatic heterocycles. The number of nitro benzene ring substituents is 1. The lowest BCUT2D eigenvalue weighted by Gasteiger charge is -2.35. The Kier molecular flexibility index (Phi) is 5.88. The van der Waals surface area contributed by atoms with Crippen LogP contribution in [0.25, 0.3) is 0 Å². The number of hydrogen-bond donors (Lipinski definition) is 3. The number of aryl methyl sites for hydroxylation is 1. The Morgan fingerprint density at radius 2 is 1.97 bits per heavy atom. The van der Waals surface area contributed by atoms with Crippen molar-refractivity contribution < 1.29 is 19.6 Å². The monoisotopic (exact) mass is 427 g/mol. The molecular formula is C20H19N4O5S-. The number of rotatable bonds is 5. The molecule has 1 heterocycles. The molecule has 0 unspecified atom stereocenters. The van der Waals surface area contributed by atoms with Gasteiger partial charge in [-0.25, -0.2) is 0 Å². The second-order valence-electron chi connectivity index (χ2n) is 6.76. The first kappa shape index (κ1) is 21.1. The standard InChI is InChI=1S/C20H20N4O5S/c1-10-4-6-13(7-5-10)22-19(26)16-11(2)21-20(30)23-17(16)12-8-14(24(27)28)18(25)15(9-12)29-3/h4-9,16-17,25H,2H2,1,3H3,(H,22,26)(H2,21,23,30)/p-1/t16-,17+/m0/s1. The number of thiocarbonyl (C=S) groups is 1. The van der Waals surface area contributed by atoms with Crippen LogP contribution in [0.1, 0.15) is 17.2 Å². The van der Waals surface area contributed by atoms with Gasteiger partial charge in [0.1, 0.15) is 11.7 Å². The Morgan fingerprint density at radius 3 is 2.57 bits per heavy atom. The molecule has 0 saturated carbocycles. The molecule has 0 spiro atoms. The van der Waals surface area contributed by atoms with E-state index in [0.717, 1.165) is 11.6 Å². The number of amides is 1. The number of methoxy groups -OCH3 is 1. The van der Waals surface area contributed by atoms with Gasteiger partial charge < -0.3 is 25.8 Å². The molecule has 2 aromatic rings. The molecule has 0 bridgehead atoms. The first-order valence-electron chi connectivity index (χ1n) is 8.88. The number of ether oxygens (including phenoxy) is 1. The topological polar surface area (TPSA) is 129 Å². The minimum atomic E-state index is -0.875. The van der Waals surface area contributed by atoms with Crippen LogP contribution < -0.4 is 25.8 Å². The van der Waals surface area contributed by atoms with Gasteiger partial charge in [0, 0.05) is 23.2 Å². The van der Waals surface area contributed by atoms with Gasteiger partial charge in [-0.05, 0) is 42.9 Å². The van der Waals surface area contributed by atoms with E-state index in [2.05, 4.69) is 22.5 Å². The summed E-state index contributed by atoms with van der Waals surface area (Å²) in [6, 6.07) is 8.92. The van der Waals surface area contributed by atoms with E-state index < -0.39 is 34.2 Å². The lowest BCUT2D eigenvalue weighted by Crippen LogP contribution is -2.51. The molecule has 0 aliphatic carbocycles. The van der Waals surface area contributed by atoms with Gasteiger partial charge in [0.15, 0.2) is 5.11 Å². The molecule has 2 aromatic carbocycles. The molecule has 1 saturated heterocycles. The maximum absolute atomic E-state index is 13.1. The molecule has 1 amide bonds. The number of nitrogens with zero attached hydrogens (tertiary/aromatic N) is 1. The molecule has 3 N–H and O–H groups in total. The zero-order valence-electron chi connectivity index (χ0n) is 16.2.